The van der Waals surface area contributed by atoms with E-state index in [2.05, 4.69) is 15.3 Å². The summed E-state index contributed by atoms with van der Waals surface area (Å²) < 4.78 is 18.9. The molecule has 0 aliphatic rings. The number of benzene rings is 2. The Kier molecular flexibility index (Phi) is 3.02. The van der Waals surface area contributed by atoms with Crippen molar-refractivity contribution in [3.8, 4) is 0 Å². The van der Waals surface area contributed by atoms with E-state index in [9.17, 15) is 14.0 Å². The lowest BCUT2D eigenvalue weighted by Gasteiger charge is -2.03. The normalized spacial score (nSPS) is 11.2. The van der Waals surface area contributed by atoms with Crippen LogP contribution >= 0.6 is 0 Å². The van der Waals surface area contributed by atoms with Gasteiger partial charge in [-0.3, -0.25) is 4.79 Å². The number of nitrogens with one attached hydrogen (secondary N) is 3. The first-order valence-electron chi connectivity index (χ1n) is 7.23. The van der Waals surface area contributed by atoms with Gasteiger partial charge in [-0.15, -0.1) is 0 Å². The topological polar surface area (TPSA) is 90.9 Å². The van der Waals surface area contributed by atoms with E-state index in [1.165, 1.54) is 18.2 Å². The van der Waals surface area contributed by atoms with Gasteiger partial charge in [0, 0.05) is 16.6 Å². The molecule has 24 heavy (non-hydrogen) atoms. The molecule has 0 radical (unpaired) electrons. The van der Waals surface area contributed by atoms with Crippen LogP contribution in [0.3, 0.4) is 0 Å². The Labute approximate surface area is 134 Å². The molecule has 0 bridgehead atoms. The van der Waals surface area contributed by atoms with Gasteiger partial charge in [-0.25, -0.2) is 9.18 Å². The molecule has 4 rings (SSSR count). The lowest BCUT2D eigenvalue weighted by Crippen LogP contribution is -2.12. The van der Waals surface area contributed by atoms with Crippen molar-refractivity contribution in [1.29, 1.82) is 0 Å². The number of hydrogen-bond donors (Lipinski definition) is 3. The molecular formula is C17H12FN3O3. The number of aromatic nitrogens is 2. The zero-order chi connectivity index (χ0) is 16.8. The SMILES string of the molecule is Cc1c(C(=O)Nc2ccc3[nH]c(=O)[nH]c3c2)oc2ccc(F)cc12. The molecule has 0 aliphatic carbocycles. The number of H-pyrrole nitrogens is 2. The minimum atomic E-state index is -0.443. The van der Waals surface area contributed by atoms with Gasteiger partial charge < -0.3 is 19.7 Å². The van der Waals surface area contributed by atoms with Crippen LogP contribution in [0.1, 0.15) is 16.1 Å². The fourth-order valence-electron chi connectivity index (χ4n) is 2.71. The third-order valence-electron chi connectivity index (χ3n) is 3.88. The number of hydrogen-bond acceptors (Lipinski definition) is 3. The summed E-state index contributed by atoms with van der Waals surface area (Å²) in [5.41, 5.74) is 2.44. The van der Waals surface area contributed by atoms with Crippen molar-refractivity contribution in [1.82, 2.24) is 9.97 Å². The van der Waals surface area contributed by atoms with Gasteiger partial charge in [-0.2, -0.15) is 0 Å². The minimum absolute atomic E-state index is 0.123. The molecule has 0 aliphatic heterocycles. The van der Waals surface area contributed by atoms with Crippen molar-refractivity contribution in [2.75, 3.05) is 5.32 Å². The van der Waals surface area contributed by atoms with Crippen LogP contribution in [0.5, 0.6) is 0 Å². The number of aryl methyl sites for hydroxylation is 1. The Morgan fingerprint density at radius 1 is 1.12 bits per heavy atom. The number of furan rings is 1. The van der Waals surface area contributed by atoms with Crippen molar-refractivity contribution in [3.63, 3.8) is 0 Å². The molecule has 2 aromatic heterocycles. The second-order valence-corrected chi connectivity index (χ2v) is 5.49. The molecule has 2 aromatic carbocycles. The highest BCUT2D eigenvalue weighted by Gasteiger charge is 2.18. The zero-order valence-electron chi connectivity index (χ0n) is 12.6. The third-order valence-corrected chi connectivity index (χ3v) is 3.88. The molecule has 0 fully saturated rings. The average molecular weight is 325 g/mol. The van der Waals surface area contributed by atoms with Crippen molar-refractivity contribution < 1.29 is 13.6 Å². The first-order valence-corrected chi connectivity index (χ1v) is 7.23. The molecule has 0 unspecified atom stereocenters. The molecule has 3 N–H and O–H groups in total. The molecule has 0 spiro atoms. The van der Waals surface area contributed by atoms with Crippen LogP contribution in [-0.4, -0.2) is 15.9 Å². The van der Waals surface area contributed by atoms with Gasteiger partial charge in [0.25, 0.3) is 5.91 Å². The van der Waals surface area contributed by atoms with E-state index in [-0.39, 0.29) is 17.3 Å². The molecule has 1 amide bonds. The number of amides is 1. The smallest absolute Gasteiger partial charge is 0.323 e. The predicted molar refractivity (Wildman–Crippen MR) is 87.8 cm³/mol. The minimum Gasteiger partial charge on any atom is -0.451 e. The second-order valence-electron chi connectivity index (χ2n) is 5.49. The summed E-state index contributed by atoms with van der Waals surface area (Å²) in [5.74, 6) is -0.708. The van der Waals surface area contributed by atoms with Gasteiger partial charge in [0.2, 0.25) is 0 Å². The van der Waals surface area contributed by atoms with Crippen LogP contribution in [0.4, 0.5) is 10.1 Å². The van der Waals surface area contributed by atoms with Crippen molar-refractivity contribution >= 4 is 33.6 Å². The Bertz CT molecular complexity index is 1150. The van der Waals surface area contributed by atoms with E-state index in [0.717, 1.165) is 0 Å². The summed E-state index contributed by atoms with van der Waals surface area (Å²) in [4.78, 5) is 29.0. The van der Waals surface area contributed by atoms with E-state index >= 15 is 0 Å². The van der Waals surface area contributed by atoms with Gasteiger partial charge in [0.15, 0.2) is 5.76 Å². The van der Waals surface area contributed by atoms with Crippen molar-refractivity contribution in [2.45, 2.75) is 6.92 Å². The zero-order valence-corrected chi connectivity index (χ0v) is 12.6. The standard InChI is InChI=1S/C17H12FN3O3/c1-8-11-6-9(18)2-5-14(11)24-15(8)16(22)19-10-3-4-12-13(7-10)21-17(23)20-12/h2-7H,1H3,(H,19,22)(H2,20,21,23). The van der Waals surface area contributed by atoms with Gasteiger partial charge in [0.1, 0.15) is 11.4 Å². The van der Waals surface area contributed by atoms with Crippen molar-refractivity contribution in [2.24, 2.45) is 0 Å². The van der Waals surface area contributed by atoms with Gasteiger partial charge in [0.05, 0.1) is 11.0 Å². The summed E-state index contributed by atoms with van der Waals surface area (Å²) in [5, 5.41) is 3.27. The molecule has 120 valence electrons. The second kappa shape index (κ2) is 5.09. The summed E-state index contributed by atoms with van der Waals surface area (Å²) in [6, 6.07) is 9.10. The summed E-state index contributed by atoms with van der Waals surface area (Å²) in [6.45, 7) is 1.70. The highest BCUT2D eigenvalue weighted by molar-refractivity contribution is 6.07. The van der Waals surface area contributed by atoms with Gasteiger partial charge >= 0.3 is 5.69 Å². The first kappa shape index (κ1) is 14.3. The Morgan fingerprint density at radius 2 is 1.92 bits per heavy atom. The molecule has 0 saturated heterocycles. The molecule has 7 heteroatoms. The number of imidazole rings is 1. The summed E-state index contributed by atoms with van der Waals surface area (Å²) in [7, 11) is 0. The van der Waals surface area contributed by atoms with Crippen LogP contribution in [0.2, 0.25) is 0 Å². The van der Waals surface area contributed by atoms with E-state index < -0.39 is 5.91 Å². The number of carbonyl (C=O) groups is 1. The first-order chi connectivity index (χ1) is 11.5. The van der Waals surface area contributed by atoms with Crippen LogP contribution in [0.25, 0.3) is 22.0 Å². The summed E-state index contributed by atoms with van der Waals surface area (Å²) in [6.07, 6.45) is 0. The third kappa shape index (κ3) is 2.26. The highest BCUT2D eigenvalue weighted by atomic mass is 19.1. The van der Waals surface area contributed by atoms with E-state index in [1.807, 2.05) is 0 Å². The fraction of sp³-hybridized carbons (Fsp3) is 0.0588. The number of rotatable bonds is 2. The number of halogens is 1. The van der Waals surface area contributed by atoms with Gasteiger partial charge in [-0.05, 0) is 43.3 Å². The van der Waals surface area contributed by atoms with Crippen LogP contribution in [0, 0.1) is 12.7 Å². The lowest BCUT2D eigenvalue weighted by atomic mass is 10.1. The number of carbonyl (C=O) groups excluding carboxylic acids is 1. The average Bonchev–Trinajstić information content (AvgIpc) is 3.06. The predicted octanol–water partition coefficient (Wildman–Crippen LogP) is 3.30. The van der Waals surface area contributed by atoms with Crippen molar-refractivity contribution in [3.05, 3.63) is 64.0 Å². The Morgan fingerprint density at radius 3 is 2.75 bits per heavy atom. The summed E-state index contributed by atoms with van der Waals surface area (Å²) >= 11 is 0. The van der Waals surface area contributed by atoms with Crippen LogP contribution < -0.4 is 11.0 Å². The quantitative estimate of drug-likeness (QED) is 0.528. The number of aromatic amines is 2. The maximum absolute atomic E-state index is 13.3. The maximum Gasteiger partial charge on any atom is 0.323 e. The lowest BCUT2D eigenvalue weighted by molar-refractivity contribution is 0.0998. The molecule has 4 aromatic rings. The van der Waals surface area contributed by atoms with E-state index in [0.29, 0.717) is 33.3 Å². The molecule has 0 atom stereocenters. The maximum atomic E-state index is 13.3. The molecule has 6 nitrogen and oxygen atoms in total. The van der Waals surface area contributed by atoms with Crippen LogP contribution in [0.15, 0.2) is 45.6 Å². The van der Waals surface area contributed by atoms with Crippen LogP contribution in [-0.2, 0) is 0 Å². The molecular weight excluding hydrogens is 313 g/mol. The highest BCUT2D eigenvalue weighted by Crippen LogP contribution is 2.27. The fourth-order valence-corrected chi connectivity index (χ4v) is 2.71. The van der Waals surface area contributed by atoms with E-state index in [4.69, 9.17) is 4.42 Å². The Hall–Kier alpha value is -3.35. The number of fused-ring (bicyclic) bond motifs is 2. The Balaban J connectivity index is 1.70. The number of anilines is 1. The largest absolute Gasteiger partial charge is 0.451 e. The van der Waals surface area contributed by atoms with Gasteiger partial charge in [-0.1, -0.05) is 0 Å². The monoisotopic (exact) mass is 325 g/mol. The molecule has 2 heterocycles. The molecule has 0 saturated carbocycles. The van der Waals surface area contributed by atoms with E-state index in [1.54, 1.807) is 25.1 Å².